The molecule has 1 atom stereocenters. The summed E-state index contributed by atoms with van der Waals surface area (Å²) in [5.74, 6) is -0.517. The molecule has 0 bridgehead atoms. The molecule has 0 radical (unpaired) electrons. The Labute approximate surface area is 178 Å². The van der Waals surface area contributed by atoms with Crippen molar-refractivity contribution in [3.8, 4) is 5.75 Å². The van der Waals surface area contributed by atoms with Gasteiger partial charge in [0.05, 0.1) is 22.8 Å². The number of halogens is 2. The lowest BCUT2D eigenvalue weighted by Gasteiger charge is -2.16. The van der Waals surface area contributed by atoms with E-state index in [1.165, 1.54) is 18.3 Å². The molecule has 0 fully saturated rings. The zero-order valence-electron chi connectivity index (χ0n) is 16.3. The quantitative estimate of drug-likeness (QED) is 0.515. The molecule has 1 aromatic heterocycles. The van der Waals surface area contributed by atoms with E-state index in [1.54, 1.807) is 24.3 Å². The van der Waals surface area contributed by atoms with E-state index in [2.05, 4.69) is 15.3 Å². The van der Waals surface area contributed by atoms with Crippen LogP contribution < -0.4 is 10.1 Å². The van der Waals surface area contributed by atoms with Crippen LogP contribution in [0.5, 0.6) is 5.75 Å². The Balaban J connectivity index is 1.65. The fourth-order valence-corrected chi connectivity index (χ4v) is 3.00. The molecule has 0 amide bonds. The zero-order valence-corrected chi connectivity index (χ0v) is 17.1. The average Bonchev–Trinajstić information content (AvgIpc) is 2.73. The monoisotopic (exact) mass is 429 g/mol. The molecular weight excluding hydrogens is 409 g/mol. The molecule has 0 saturated heterocycles. The van der Waals surface area contributed by atoms with E-state index in [0.29, 0.717) is 41.8 Å². The van der Waals surface area contributed by atoms with Crippen LogP contribution >= 0.6 is 11.6 Å². The minimum Gasteiger partial charge on any atom is -0.487 e. The largest absolute Gasteiger partial charge is 0.487 e. The summed E-state index contributed by atoms with van der Waals surface area (Å²) in [7, 11) is 0. The van der Waals surface area contributed by atoms with Crippen molar-refractivity contribution < 1.29 is 19.0 Å². The summed E-state index contributed by atoms with van der Waals surface area (Å²) in [4.78, 5) is 20.0. The minimum atomic E-state index is -1.09. The number of benzene rings is 2. The number of carboxylic acid groups (broad SMARTS) is 1. The van der Waals surface area contributed by atoms with Gasteiger partial charge in [-0.25, -0.2) is 19.2 Å². The van der Waals surface area contributed by atoms with Crippen molar-refractivity contribution in [1.82, 2.24) is 9.97 Å². The van der Waals surface area contributed by atoms with Crippen LogP contribution in [0.4, 0.5) is 10.3 Å². The van der Waals surface area contributed by atoms with Crippen molar-refractivity contribution in [2.75, 3.05) is 11.9 Å². The fourth-order valence-electron chi connectivity index (χ4n) is 2.82. The lowest BCUT2D eigenvalue weighted by Crippen LogP contribution is -2.24. The van der Waals surface area contributed by atoms with E-state index in [9.17, 15) is 14.3 Å². The van der Waals surface area contributed by atoms with Crippen molar-refractivity contribution >= 4 is 23.5 Å². The first-order valence-corrected chi connectivity index (χ1v) is 9.79. The van der Waals surface area contributed by atoms with E-state index in [4.69, 9.17) is 16.3 Å². The predicted molar refractivity (Wildman–Crippen MR) is 113 cm³/mol. The number of rotatable bonds is 9. The Hall–Kier alpha value is -3.19. The SMILES string of the molecule is CC(CNc1ncc(C(=O)O)c(CCc2ccc(F)cc2)n1)Oc1ccccc1Cl. The maximum absolute atomic E-state index is 13.1. The molecule has 2 N–H and O–H groups in total. The molecule has 1 heterocycles. The van der Waals surface area contributed by atoms with Crippen molar-refractivity contribution in [3.63, 3.8) is 0 Å². The molecule has 8 heteroatoms. The molecule has 6 nitrogen and oxygen atoms in total. The van der Waals surface area contributed by atoms with Crippen LogP contribution in [0, 0.1) is 5.82 Å². The van der Waals surface area contributed by atoms with E-state index in [1.807, 2.05) is 19.1 Å². The first-order valence-electron chi connectivity index (χ1n) is 9.41. The highest BCUT2D eigenvalue weighted by atomic mass is 35.5. The lowest BCUT2D eigenvalue weighted by atomic mass is 10.1. The summed E-state index contributed by atoms with van der Waals surface area (Å²) in [5.41, 5.74) is 1.34. The Morgan fingerprint density at radius 1 is 1.20 bits per heavy atom. The Morgan fingerprint density at radius 3 is 2.63 bits per heavy atom. The Morgan fingerprint density at radius 2 is 1.93 bits per heavy atom. The zero-order chi connectivity index (χ0) is 21.5. The van der Waals surface area contributed by atoms with Crippen molar-refractivity contribution in [1.29, 1.82) is 0 Å². The number of para-hydroxylation sites is 1. The van der Waals surface area contributed by atoms with Gasteiger partial charge in [0.25, 0.3) is 0 Å². The number of hydrogen-bond donors (Lipinski definition) is 2. The summed E-state index contributed by atoms with van der Waals surface area (Å²) in [6.07, 6.45) is 1.98. The van der Waals surface area contributed by atoms with E-state index >= 15 is 0 Å². The van der Waals surface area contributed by atoms with Gasteiger partial charge in [0.15, 0.2) is 0 Å². The summed E-state index contributed by atoms with van der Waals surface area (Å²) < 4.78 is 18.9. The molecule has 156 valence electrons. The number of carbonyl (C=O) groups is 1. The molecule has 2 aromatic carbocycles. The second kappa shape index (κ2) is 10.0. The molecule has 0 aliphatic rings. The van der Waals surface area contributed by atoms with Crippen molar-refractivity contribution in [2.45, 2.75) is 25.9 Å². The predicted octanol–water partition coefficient (Wildman–Crippen LogP) is 4.63. The van der Waals surface area contributed by atoms with Crippen LogP contribution in [0.3, 0.4) is 0 Å². The third-order valence-electron chi connectivity index (χ3n) is 4.37. The van der Waals surface area contributed by atoms with Gasteiger partial charge in [0.1, 0.15) is 17.7 Å². The molecule has 1 unspecified atom stereocenters. The smallest absolute Gasteiger partial charge is 0.339 e. The molecule has 0 saturated carbocycles. The maximum Gasteiger partial charge on any atom is 0.339 e. The summed E-state index contributed by atoms with van der Waals surface area (Å²) in [6, 6.07) is 13.3. The maximum atomic E-state index is 13.1. The van der Waals surface area contributed by atoms with E-state index < -0.39 is 5.97 Å². The average molecular weight is 430 g/mol. The first-order chi connectivity index (χ1) is 14.4. The first kappa shape index (κ1) is 21.5. The minimum absolute atomic E-state index is 0.0445. The van der Waals surface area contributed by atoms with Gasteiger partial charge >= 0.3 is 5.97 Å². The molecule has 3 aromatic rings. The van der Waals surface area contributed by atoms with Gasteiger partial charge in [-0.2, -0.15) is 0 Å². The summed E-state index contributed by atoms with van der Waals surface area (Å²) in [5, 5.41) is 13.0. The van der Waals surface area contributed by atoms with Gasteiger partial charge in [0.2, 0.25) is 5.95 Å². The van der Waals surface area contributed by atoms with Crippen molar-refractivity contribution in [3.05, 3.63) is 82.4 Å². The van der Waals surface area contributed by atoms with E-state index in [-0.39, 0.29) is 17.5 Å². The number of ether oxygens (including phenoxy) is 1. The van der Waals surface area contributed by atoms with Gasteiger partial charge in [-0.1, -0.05) is 35.9 Å². The van der Waals surface area contributed by atoms with Gasteiger partial charge in [-0.15, -0.1) is 0 Å². The van der Waals surface area contributed by atoms with E-state index in [0.717, 1.165) is 5.56 Å². The van der Waals surface area contributed by atoms with Gasteiger partial charge in [-0.05, 0) is 49.6 Å². The summed E-state index contributed by atoms with van der Waals surface area (Å²) >= 11 is 6.10. The number of carboxylic acids is 1. The molecule has 0 spiro atoms. The number of aromatic nitrogens is 2. The second-order valence-corrected chi connectivity index (χ2v) is 7.13. The molecule has 0 aliphatic heterocycles. The van der Waals surface area contributed by atoms with Crippen LogP contribution in [0.25, 0.3) is 0 Å². The topological polar surface area (TPSA) is 84.3 Å². The highest BCUT2D eigenvalue weighted by Gasteiger charge is 2.15. The van der Waals surface area contributed by atoms with Crippen molar-refractivity contribution in [2.24, 2.45) is 0 Å². The standard InChI is InChI=1S/C22H21ClFN3O3/c1-14(30-20-5-3-2-4-18(20)23)12-25-22-26-13-17(21(28)29)19(27-22)11-8-15-6-9-16(24)10-7-15/h2-7,9-10,13-14H,8,11-12H2,1H3,(H,28,29)(H,25,26,27). The van der Waals surface area contributed by atoms with Crippen LogP contribution in [0.2, 0.25) is 5.02 Å². The number of hydrogen-bond acceptors (Lipinski definition) is 5. The number of anilines is 1. The molecule has 3 rings (SSSR count). The lowest BCUT2D eigenvalue weighted by molar-refractivity contribution is 0.0694. The molecule has 0 aliphatic carbocycles. The molecular formula is C22H21ClFN3O3. The number of nitrogens with zero attached hydrogens (tertiary/aromatic N) is 2. The van der Waals surface area contributed by atoms with Gasteiger partial charge in [-0.3, -0.25) is 0 Å². The molecule has 30 heavy (non-hydrogen) atoms. The van der Waals surface area contributed by atoms with Crippen LogP contribution in [-0.4, -0.2) is 33.7 Å². The fraction of sp³-hybridized carbons (Fsp3) is 0.227. The second-order valence-electron chi connectivity index (χ2n) is 6.73. The number of nitrogens with one attached hydrogen (secondary N) is 1. The van der Waals surface area contributed by atoms with Gasteiger partial charge < -0.3 is 15.2 Å². The Bertz CT molecular complexity index is 1010. The van der Waals surface area contributed by atoms with Crippen LogP contribution in [0.15, 0.2) is 54.7 Å². The van der Waals surface area contributed by atoms with Gasteiger partial charge in [0, 0.05) is 6.20 Å². The third-order valence-corrected chi connectivity index (χ3v) is 4.69. The normalized spacial score (nSPS) is 11.7. The third kappa shape index (κ3) is 5.90. The van der Waals surface area contributed by atoms with Crippen LogP contribution in [0.1, 0.15) is 28.5 Å². The highest BCUT2D eigenvalue weighted by Crippen LogP contribution is 2.24. The number of aromatic carboxylic acids is 1. The van der Waals surface area contributed by atoms with Crippen LogP contribution in [-0.2, 0) is 12.8 Å². The summed E-state index contributed by atoms with van der Waals surface area (Å²) in [6.45, 7) is 2.27. The Kier molecular flexibility index (Phi) is 7.19. The number of aryl methyl sites for hydroxylation is 2. The highest BCUT2D eigenvalue weighted by molar-refractivity contribution is 6.32.